The molecule has 2 N–H and O–H groups in total. The summed E-state index contributed by atoms with van der Waals surface area (Å²) in [4.78, 5) is 33.9. The first-order valence-electron chi connectivity index (χ1n) is 12.6. The number of aryl methyl sites for hydroxylation is 1. The maximum absolute atomic E-state index is 12.7. The van der Waals surface area contributed by atoms with E-state index in [1.807, 2.05) is 25.1 Å². The molecule has 3 aliphatic rings. The van der Waals surface area contributed by atoms with Crippen LogP contribution in [0.1, 0.15) is 42.9 Å². The third kappa shape index (κ3) is 5.09. The second-order valence-corrected chi connectivity index (χ2v) is 10.0. The van der Waals surface area contributed by atoms with E-state index in [-0.39, 0.29) is 11.8 Å². The average molecular weight is 462 g/mol. The molecule has 7 nitrogen and oxygen atoms in total. The number of anilines is 2. The van der Waals surface area contributed by atoms with Gasteiger partial charge < -0.3 is 20.4 Å². The van der Waals surface area contributed by atoms with Crippen molar-refractivity contribution >= 4 is 23.2 Å². The predicted molar refractivity (Wildman–Crippen MR) is 134 cm³/mol. The van der Waals surface area contributed by atoms with Crippen LogP contribution in [-0.4, -0.2) is 61.0 Å². The number of hydrogen-bond donors (Lipinski definition) is 2. The summed E-state index contributed by atoms with van der Waals surface area (Å²) in [6, 6.07) is 12.3. The van der Waals surface area contributed by atoms with Crippen molar-refractivity contribution in [2.45, 2.75) is 38.5 Å². The van der Waals surface area contributed by atoms with E-state index in [4.69, 9.17) is 0 Å². The smallest absolute Gasteiger partial charge is 0.231 e. The van der Waals surface area contributed by atoms with Crippen LogP contribution < -0.4 is 15.5 Å². The van der Waals surface area contributed by atoms with Crippen LogP contribution in [0.25, 0.3) is 0 Å². The Morgan fingerprint density at radius 1 is 1.09 bits per heavy atom. The van der Waals surface area contributed by atoms with Crippen molar-refractivity contribution in [2.24, 2.45) is 11.8 Å². The lowest BCUT2D eigenvalue weighted by Gasteiger charge is -2.40. The van der Waals surface area contributed by atoms with Crippen molar-refractivity contribution in [1.82, 2.24) is 15.2 Å². The number of pyridine rings is 1. The Bertz CT molecular complexity index is 1000. The number of amides is 2. The van der Waals surface area contributed by atoms with Crippen LogP contribution in [-0.2, 0) is 9.59 Å². The zero-order valence-electron chi connectivity index (χ0n) is 20.0. The first-order valence-corrected chi connectivity index (χ1v) is 12.6. The monoisotopic (exact) mass is 461 g/mol. The van der Waals surface area contributed by atoms with Crippen LogP contribution in [0.15, 0.2) is 42.6 Å². The fourth-order valence-corrected chi connectivity index (χ4v) is 5.46. The molecule has 1 atom stereocenters. The van der Waals surface area contributed by atoms with Crippen LogP contribution >= 0.6 is 0 Å². The topological polar surface area (TPSA) is 77.6 Å². The molecule has 3 saturated heterocycles. The molecule has 1 aromatic heterocycles. The number of nitrogens with one attached hydrogen (secondary N) is 2. The molecule has 5 rings (SSSR count). The van der Waals surface area contributed by atoms with Gasteiger partial charge in [0, 0.05) is 44.5 Å². The second-order valence-electron chi connectivity index (χ2n) is 10.0. The number of benzene rings is 1. The van der Waals surface area contributed by atoms with Gasteiger partial charge in [-0.15, -0.1) is 0 Å². The zero-order chi connectivity index (χ0) is 23.5. The number of rotatable bonds is 6. The highest BCUT2D eigenvalue weighted by atomic mass is 16.2. The summed E-state index contributed by atoms with van der Waals surface area (Å²) in [5.41, 5.74) is 4.26. The van der Waals surface area contributed by atoms with Crippen LogP contribution in [0.3, 0.4) is 0 Å². The summed E-state index contributed by atoms with van der Waals surface area (Å²) in [6.07, 6.45) is 5.61. The molecule has 3 fully saturated rings. The Kier molecular flexibility index (Phi) is 6.81. The Balaban J connectivity index is 1.07. The molecule has 3 aliphatic heterocycles. The lowest BCUT2D eigenvalue weighted by atomic mass is 9.89. The number of aromatic nitrogens is 1. The fourth-order valence-electron chi connectivity index (χ4n) is 5.46. The van der Waals surface area contributed by atoms with Crippen LogP contribution in [0.4, 0.5) is 11.4 Å². The maximum Gasteiger partial charge on any atom is 0.231 e. The Labute approximate surface area is 201 Å². The number of piperidine rings is 1. The van der Waals surface area contributed by atoms with E-state index < -0.39 is 0 Å². The molecule has 180 valence electrons. The molecule has 0 radical (unpaired) electrons. The standard InChI is InChI=1S/C27H35N5O2/c1-19-25(3-2-11-29-19)32-17-23(18-32)27(34)30-24-6-4-21(5-7-24)22-9-13-31(14-10-22)26(33)15-20-8-12-28-16-20/h2-7,11,20,22-23,28H,8-10,12-18H2,1H3,(H,30,34). The number of carbonyl (C=O) groups excluding carboxylic acids is 2. The van der Waals surface area contributed by atoms with E-state index >= 15 is 0 Å². The van der Waals surface area contributed by atoms with E-state index in [0.717, 1.165) is 75.6 Å². The van der Waals surface area contributed by atoms with Gasteiger partial charge in [-0.05, 0) is 80.9 Å². The highest BCUT2D eigenvalue weighted by Crippen LogP contribution is 2.31. The zero-order valence-corrected chi connectivity index (χ0v) is 20.0. The minimum atomic E-state index is 0.00108. The van der Waals surface area contributed by atoms with Gasteiger partial charge in [0.2, 0.25) is 11.8 Å². The number of hydrogen-bond acceptors (Lipinski definition) is 5. The van der Waals surface area contributed by atoms with Crippen molar-refractivity contribution in [2.75, 3.05) is 49.5 Å². The van der Waals surface area contributed by atoms with Gasteiger partial charge in [0.1, 0.15) is 0 Å². The molecular weight excluding hydrogens is 426 g/mol. The highest BCUT2D eigenvalue weighted by molar-refractivity contribution is 5.94. The van der Waals surface area contributed by atoms with Crippen molar-refractivity contribution in [3.63, 3.8) is 0 Å². The number of carbonyl (C=O) groups is 2. The van der Waals surface area contributed by atoms with E-state index in [9.17, 15) is 9.59 Å². The fraction of sp³-hybridized carbons (Fsp3) is 0.519. The molecule has 1 unspecified atom stereocenters. The largest absolute Gasteiger partial charge is 0.368 e. The second kappa shape index (κ2) is 10.1. The summed E-state index contributed by atoms with van der Waals surface area (Å²) in [6.45, 7) is 7.17. The highest BCUT2D eigenvalue weighted by Gasteiger charge is 2.33. The van der Waals surface area contributed by atoms with Gasteiger partial charge in [0.25, 0.3) is 0 Å². The third-order valence-electron chi connectivity index (χ3n) is 7.70. The van der Waals surface area contributed by atoms with E-state index in [0.29, 0.717) is 24.2 Å². The van der Waals surface area contributed by atoms with Gasteiger partial charge in [-0.1, -0.05) is 12.1 Å². The van der Waals surface area contributed by atoms with E-state index in [1.54, 1.807) is 6.20 Å². The third-order valence-corrected chi connectivity index (χ3v) is 7.70. The summed E-state index contributed by atoms with van der Waals surface area (Å²) >= 11 is 0. The van der Waals surface area contributed by atoms with E-state index in [2.05, 4.69) is 43.6 Å². The maximum atomic E-state index is 12.7. The molecule has 1 aromatic carbocycles. The van der Waals surface area contributed by atoms with Gasteiger partial charge in [-0.2, -0.15) is 0 Å². The molecule has 0 spiro atoms. The first kappa shape index (κ1) is 22.8. The normalized spacial score (nSPS) is 21.4. The molecular formula is C27H35N5O2. The minimum absolute atomic E-state index is 0.00108. The molecule has 0 saturated carbocycles. The molecule has 0 bridgehead atoms. The van der Waals surface area contributed by atoms with Crippen molar-refractivity contribution < 1.29 is 9.59 Å². The Hall–Kier alpha value is -2.93. The summed E-state index contributed by atoms with van der Waals surface area (Å²) in [7, 11) is 0. The number of nitrogens with zero attached hydrogens (tertiary/aromatic N) is 3. The Morgan fingerprint density at radius 3 is 2.53 bits per heavy atom. The van der Waals surface area contributed by atoms with Gasteiger partial charge in [-0.3, -0.25) is 14.6 Å². The quantitative estimate of drug-likeness (QED) is 0.691. The van der Waals surface area contributed by atoms with E-state index in [1.165, 1.54) is 5.56 Å². The average Bonchev–Trinajstić information content (AvgIpc) is 3.33. The van der Waals surface area contributed by atoms with Crippen LogP contribution in [0.2, 0.25) is 0 Å². The molecule has 0 aliphatic carbocycles. The van der Waals surface area contributed by atoms with Crippen molar-refractivity contribution in [1.29, 1.82) is 0 Å². The molecule has 2 aromatic rings. The van der Waals surface area contributed by atoms with Crippen molar-refractivity contribution in [3.05, 3.63) is 53.9 Å². The molecule has 34 heavy (non-hydrogen) atoms. The SMILES string of the molecule is Cc1ncccc1N1CC(C(=O)Nc2ccc(C3CCN(C(=O)CC4CCNC4)CC3)cc2)C1. The van der Waals surface area contributed by atoms with Crippen LogP contribution in [0, 0.1) is 18.8 Å². The lowest BCUT2D eigenvalue weighted by molar-refractivity contribution is -0.133. The van der Waals surface area contributed by atoms with Gasteiger partial charge in [0.15, 0.2) is 0 Å². The predicted octanol–water partition coefficient (Wildman–Crippen LogP) is 3.17. The lowest BCUT2D eigenvalue weighted by Crippen LogP contribution is -2.52. The van der Waals surface area contributed by atoms with Gasteiger partial charge in [0.05, 0.1) is 17.3 Å². The summed E-state index contributed by atoms with van der Waals surface area (Å²) in [5.74, 6) is 1.38. The molecule has 2 amide bonds. The van der Waals surface area contributed by atoms with Gasteiger partial charge >= 0.3 is 0 Å². The number of likely N-dealkylation sites (tertiary alicyclic amines) is 1. The Morgan fingerprint density at radius 2 is 1.85 bits per heavy atom. The molecule has 4 heterocycles. The first-order chi connectivity index (χ1) is 16.6. The summed E-state index contributed by atoms with van der Waals surface area (Å²) < 4.78 is 0. The van der Waals surface area contributed by atoms with Gasteiger partial charge in [-0.25, -0.2) is 0 Å². The summed E-state index contributed by atoms with van der Waals surface area (Å²) in [5, 5.41) is 6.43. The minimum Gasteiger partial charge on any atom is -0.368 e. The molecule has 7 heteroatoms. The van der Waals surface area contributed by atoms with Crippen molar-refractivity contribution in [3.8, 4) is 0 Å². The van der Waals surface area contributed by atoms with Crippen LogP contribution in [0.5, 0.6) is 0 Å².